The van der Waals surface area contributed by atoms with Crippen LogP contribution in [0.1, 0.15) is 36.2 Å². The highest BCUT2D eigenvalue weighted by molar-refractivity contribution is 5.92. The number of hydrogen-bond acceptors (Lipinski definition) is 2. The van der Waals surface area contributed by atoms with Crippen LogP contribution in [0.15, 0.2) is 24.3 Å². The normalized spacial score (nSPS) is 21.8. The zero-order valence-corrected chi connectivity index (χ0v) is 9.79. The first-order valence-electron chi connectivity index (χ1n) is 5.61. The summed E-state index contributed by atoms with van der Waals surface area (Å²) < 4.78 is 0. The van der Waals surface area contributed by atoms with E-state index in [1.54, 1.807) is 6.07 Å². The molecule has 3 N–H and O–H groups in total. The van der Waals surface area contributed by atoms with Crippen molar-refractivity contribution in [3.63, 3.8) is 0 Å². The molecule has 1 aromatic carbocycles. The van der Waals surface area contributed by atoms with Gasteiger partial charge in [0.05, 0.1) is 0 Å². The summed E-state index contributed by atoms with van der Waals surface area (Å²) in [6, 6.07) is 8.08. The van der Waals surface area contributed by atoms with Crippen LogP contribution < -0.4 is 11.1 Å². The van der Waals surface area contributed by atoms with Crippen molar-refractivity contribution in [1.82, 2.24) is 5.32 Å². The van der Waals surface area contributed by atoms with Crippen LogP contribution in [0.3, 0.4) is 0 Å². The van der Waals surface area contributed by atoms with Crippen LogP contribution in [0.25, 0.3) is 0 Å². The largest absolute Gasteiger partial charge is 0.366 e. The average Bonchev–Trinajstić information content (AvgIpc) is 2.84. The second-order valence-electron chi connectivity index (χ2n) is 5.19. The number of carbonyl (C=O) groups excluding carboxylic acids is 1. The van der Waals surface area contributed by atoms with Gasteiger partial charge in [-0.2, -0.15) is 0 Å². The Bertz CT molecular complexity index is 412. The molecule has 0 heterocycles. The maximum atomic E-state index is 11.0. The van der Waals surface area contributed by atoms with E-state index in [1.165, 1.54) is 6.42 Å². The molecular weight excluding hydrogens is 200 g/mol. The Labute approximate surface area is 96.0 Å². The van der Waals surface area contributed by atoms with Crippen molar-refractivity contribution < 1.29 is 4.79 Å². The van der Waals surface area contributed by atoms with Gasteiger partial charge in [-0.1, -0.05) is 26.0 Å². The molecule has 1 saturated carbocycles. The van der Waals surface area contributed by atoms with Gasteiger partial charge < -0.3 is 11.1 Å². The third-order valence-corrected chi connectivity index (χ3v) is 3.28. The van der Waals surface area contributed by atoms with Gasteiger partial charge in [0.15, 0.2) is 0 Å². The molecule has 1 aliphatic rings. The summed E-state index contributed by atoms with van der Waals surface area (Å²) >= 11 is 0. The van der Waals surface area contributed by atoms with Gasteiger partial charge in [-0.05, 0) is 29.5 Å². The molecule has 3 heteroatoms. The molecule has 2 rings (SSSR count). The van der Waals surface area contributed by atoms with Crippen molar-refractivity contribution in [2.75, 3.05) is 0 Å². The van der Waals surface area contributed by atoms with Gasteiger partial charge in [0.1, 0.15) is 0 Å². The number of rotatable bonds is 4. The molecule has 0 saturated heterocycles. The first-order chi connectivity index (χ1) is 7.49. The molecule has 1 aliphatic carbocycles. The molecular formula is C13H18N2O. The number of primary amides is 1. The lowest BCUT2D eigenvalue weighted by Crippen LogP contribution is -2.20. The number of nitrogens with two attached hydrogens (primary N) is 1. The highest BCUT2D eigenvalue weighted by Crippen LogP contribution is 2.44. The Kier molecular flexibility index (Phi) is 2.72. The molecule has 1 fully saturated rings. The van der Waals surface area contributed by atoms with Crippen molar-refractivity contribution in [2.24, 2.45) is 11.1 Å². The van der Waals surface area contributed by atoms with E-state index in [9.17, 15) is 4.79 Å². The third kappa shape index (κ3) is 2.42. The standard InChI is InChI=1S/C13H18N2O/c1-13(2)7-11(13)15-8-9-4-3-5-10(6-9)12(14)16/h3-6,11,15H,7-8H2,1-2H3,(H2,14,16). The van der Waals surface area contributed by atoms with E-state index >= 15 is 0 Å². The van der Waals surface area contributed by atoms with Crippen molar-refractivity contribution >= 4 is 5.91 Å². The molecule has 1 aromatic rings. The van der Waals surface area contributed by atoms with Gasteiger partial charge in [0.25, 0.3) is 0 Å². The zero-order valence-electron chi connectivity index (χ0n) is 9.79. The SMILES string of the molecule is CC1(C)CC1NCc1cccc(C(N)=O)c1. The monoisotopic (exact) mass is 218 g/mol. The molecule has 1 atom stereocenters. The number of hydrogen-bond donors (Lipinski definition) is 2. The minimum absolute atomic E-state index is 0.367. The summed E-state index contributed by atoms with van der Waals surface area (Å²) in [4.78, 5) is 11.0. The third-order valence-electron chi connectivity index (χ3n) is 3.28. The molecule has 1 unspecified atom stereocenters. The molecule has 0 spiro atoms. The Morgan fingerprint density at radius 1 is 1.56 bits per heavy atom. The van der Waals surface area contributed by atoms with E-state index in [-0.39, 0.29) is 5.91 Å². The van der Waals surface area contributed by atoms with Crippen LogP contribution >= 0.6 is 0 Å². The topological polar surface area (TPSA) is 55.1 Å². The van der Waals surface area contributed by atoms with E-state index < -0.39 is 0 Å². The van der Waals surface area contributed by atoms with Crippen molar-refractivity contribution in [2.45, 2.75) is 32.9 Å². The van der Waals surface area contributed by atoms with Gasteiger partial charge in [0.2, 0.25) is 5.91 Å². The second kappa shape index (κ2) is 3.91. The van der Waals surface area contributed by atoms with Gasteiger partial charge in [0, 0.05) is 18.2 Å². The fraction of sp³-hybridized carbons (Fsp3) is 0.462. The van der Waals surface area contributed by atoms with E-state index in [4.69, 9.17) is 5.73 Å². The summed E-state index contributed by atoms with van der Waals surface area (Å²) in [5, 5.41) is 3.48. The maximum absolute atomic E-state index is 11.0. The molecule has 0 aliphatic heterocycles. The number of amides is 1. The molecule has 3 nitrogen and oxygen atoms in total. The van der Waals surface area contributed by atoms with Crippen molar-refractivity contribution in [3.05, 3.63) is 35.4 Å². The van der Waals surface area contributed by atoms with E-state index in [0.29, 0.717) is 17.0 Å². The predicted molar refractivity (Wildman–Crippen MR) is 64.0 cm³/mol. The summed E-state index contributed by atoms with van der Waals surface area (Å²) in [6.07, 6.45) is 1.22. The van der Waals surface area contributed by atoms with E-state index in [2.05, 4.69) is 19.2 Å². The Morgan fingerprint density at radius 3 is 2.81 bits per heavy atom. The Balaban J connectivity index is 1.95. The van der Waals surface area contributed by atoms with Crippen LogP contribution in [0.4, 0.5) is 0 Å². The number of carbonyl (C=O) groups is 1. The fourth-order valence-corrected chi connectivity index (χ4v) is 1.89. The molecule has 0 bridgehead atoms. The van der Waals surface area contributed by atoms with E-state index in [0.717, 1.165) is 12.1 Å². The Morgan fingerprint density at radius 2 is 2.25 bits per heavy atom. The minimum atomic E-state index is -0.367. The molecule has 0 radical (unpaired) electrons. The summed E-state index contributed by atoms with van der Waals surface area (Å²) in [5.74, 6) is -0.367. The second-order valence-corrected chi connectivity index (χ2v) is 5.19. The first-order valence-corrected chi connectivity index (χ1v) is 5.61. The summed E-state index contributed by atoms with van der Waals surface area (Å²) in [6.45, 7) is 5.31. The number of benzene rings is 1. The minimum Gasteiger partial charge on any atom is -0.366 e. The molecule has 0 aromatic heterocycles. The zero-order chi connectivity index (χ0) is 11.8. The van der Waals surface area contributed by atoms with Gasteiger partial charge in [-0.3, -0.25) is 4.79 Å². The van der Waals surface area contributed by atoms with Crippen LogP contribution in [-0.4, -0.2) is 11.9 Å². The molecule has 16 heavy (non-hydrogen) atoms. The Hall–Kier alpha value is -1.35. The van der Waals surface area contributed by atoms with Crippen molar-refractivity contribution in [3.8, 4) is 0 Å². The quantitative estimate of drug-likeness (QED) is 0.807. The van der Waals surface area contributed by atoms with Crippen LogP contribution in [0, 0.1) is 5.41 Å². The fourth-order valence-electron chi connectivity index (χ4n) is 1.89. The first kappa shape index (κ1) is 11.1. The van der Waals surface area contributed by atoms with Crippen LogP contribution in [0.2, 0.25) is 0 Å². The van der Waals surface area contributed by atoms with Crippen LogP contribution in [-0.2, 0) is 6.54 Å². The van der Waals surface area contributed by atoms with E-state index in [1.807, 2.05) is 18.2 Å². The van der Waals surface area contributed by atoms with Gasteiger partial charge in [-0.15, -0.1) is 0 Å². The smallest absolute Gasteiger partial charge is 0.248 e. The van der Waals surface area contributed by atoms with Gasteiger partial charge >= 0.3 is 0 Å². The number of nitrogens with one attached hydrogen (secondary N) is 1. The molecule has 86 valence electrons. The highest BCUT2D eigenvalue weighted by Gasteiger charge is 2.44. The summed E-state index contributed by atoms with van der Waals surface area (Å²) in [7, 11) is 0. The summed E-state index contributed by atoms with van der Waals surface area (Å²) in [5.41, 5.74) is 7.35. The lowest BCUT2D eigenvalue weighted by molar-refractivity contribution is 0.1000. The van der Waals surface area contributed by atoms with Gasteiger partial charge in [-0.25, -0.2) is 0 Å². The lowest BCUT2D eigenvalue weighted by atomic mass is 10.1. The predicted octanol–water partition coefficient (Wildman–Crippen LogP) is 1.67. The molecule has 1 amide bonds. The van der Waals surface area contributed by atoms with Crippen LogP contribution in [0.5, 0.6) is 0 Å². The maximum Gasteiger partial charge on any atom is 0.248 e. The van der Waals surface area contributed by atoms with Crippen molar-refractivity contribution in [1.29, 1.82) is 0 Å². The lowest BCUT2D eigenvalue weighted by Gasteiger charge is -2.07. The average molecular weight is 218 g/mol. The highest BCUT2D eigenvalue weighted by atomic mass is 16.1.